The highest BCUT2D eigenvalue weighted by Crippen LogP contribution is 2.31. The minimum absolute atomic E-state index is 0.0679. The summed E-state index contributed by atoms with van der Waals surface area (Å²) in [5, 5.41) is 9.69. The molecule has 0 saturated carbocycles. The number of hydrogen-bond donors (Lipinski definition) is 3. The van der Waals surface area contributed by atoms with Gasteiger partial charge in [0.05, 0.1) is 19.3 Å². The molecular weight excluding hydrogens is 366 g/mol. The van der Waals surface area contributed by atoms with E-state index in [1.54, 1.807) is 0 Å². The molecule has 1 aromatic carbocycles. The Kier molecular flexibility index (Phi) is 7.89. The lowest BCUT2D eigenvalue weighted by molar-refractivity contribution is -0.116. The average molecular weight is 402 g/mol. The van der Waals surface area contributed by atoms with Gasteiger partial charge in [-0.3, -0.25) is 14.7 Å². The molecule has 0 aliphatic carbocycles. The molecular formula is C22H35N5O2. The van der Waals surface area contributed by atoms with Crippen molar-refractivity contribution in [1.29, 1.82) is 0 Å². The highest BCUT2D eigenvalue weighted by molar-refractivity contribution is 5.94. The second-order valence-corrected chi connectivity index (χ2v) is 8.28. The van der Waals surface area contributed by atoms with E-state index in [4.69, 9.17) is 9.73 Å². The molecule has 1 amide bonds. The Hall–Kier alpha value is -2.12. The summed E-state index contributed by atoms with van der Waals surface area (Å²) in [6.07, 6.45) is 0.610. The molecule has 7 heteroatoms. The van der Waals surface area contributed by atoms with Crippen molar-refractivity contribution < 1.29 is 9.53 Å². The van der Waals surface area contributed by atoms with Crippen molar-refractivity contribution in [2.75, 3.05) is 51.2 Å². The maximum Gasteiger partial charge on any atom is 0.225 e. The molecule has 29 heavy (non-hydrogen) atoms. The molecule has 2 unspecified atom stereocenters. The third kappa shape index (κ3) is 6.44. The number of benzene rings is 1. The lowest BCUT2D eigenvalue weighted by atomic mass is 9.90. The zero-order valence-electron chi connectivity index (χ0n) is 17.9. The summed E-state index contributed by atoms with van der Waals surface area (Å²) in [7, 11) is 0. The van der Waals surface area contributed by atoms with Crippen molar-refractivity contribution in [2.24, 2.45) is 10.9 Å². The molecule has 0 bridgehead atoms. The summed E-state index contributed by atoms with van der Waals surface area (Å²) in [5.74, 6) is 1.64. The van der Waals surface area contributed by atoms with Crippen molar-refractivity contribution in [3.8, 4) is 0 Å². The summed E-state index contributed by atoms with van der Waals surface area (Å²) >= 11 is 0. The first kappa shape index (κ1) is 21.6. The molecule has 7 nitrogen and oxygen atoms in total. The Balaban J connectivity index is 1.57. The monoisotopic (exact) mass is 401 g/mol. The quantitative estimate of drug-likeness (QED) is 0.481. The second kappa shape index (κ2) is 10.6. The third-order valence-corrected chi connectivity index (χ3v) is 5.27. The maximum atomic E-state index is 12.0. The van der Waals surface area contributed by atoms with Gasteiger partial charge >= 0.3 is 0 Å². The molecule has 3 rings (SSSR count). The average Bonchev–Trinajstić information content (AvgIpc) is 2.69. The number of fused-ring (bicyclic) bond motifs is 1. The first-order valence-electron chi connectivity index (χ1n) is 10.8. The highest BCUT2D eigenvalue weighted by atomic mass is 16.5. The largest absolute Gasteiger partial charge is 0.374 e. The molecule has 2 atom stereocenters. The van der Waals surface area contributed by atoms with Crippen LogP contribution in [0.4, 0.5) is 5.69 Å². The summed E-state index contributed by atoms with van der Waals surface area (Å²) in [5.41, 5.74) is 2.09. The topological polar surface area (TPSA) is 78.0 Å². The number of hydrogen-bond acceptors (Lipinski definition) is 4. The number of morpholine rings is 1. The lowest BCUT2D eigenvalue weighted by Crippen LogP contribution is -2.46. The van der Waals surface area contributed by atoms with Crippen LogP contribution in [-0.2, 0) is 9.53 Å². The first-order valence-corrected chi connectivity index (χ1v) is 10.8. The molecule has 1 aromatic rings. The van der Waals surface area contributed by atoms with Crippen molar-refractivity contribution in [2.45, 2.75) is 39.2 Å². The van der Waals surface area contributed by atoms with Crippen LogP contribution in [0.3, 0.4) is 0 Å². The van der Waals surface area contributed by atoms with Gasteiger partial charge in [-0.25, -0.2) is 0 Å². The van der Waals surface area contributed by atoms with Crippen LogP contribution in [0, 0.1) is 5.92 Å². The van der Waals surface area contributed by atoms with Crippen LogP contribution in [0.1, 0.15) is 38.7 Å². The van der Waals surface area contributed by atoms with Gasteiger partial charge in [0, 0.05) is 50.7 Å². The summed E-state index contributed by atoms with van der Waals surface area (Å²) in [4.78, 5) is 19.3. The zero-order chi connectivity index (χ0) is 20.6. The van der Waals surface area contributed by atoms with Gasteiger partial charge in [0.2, 0.25) is 5.91 Å². The van der Waals surface area contributed by atoms with Crippen LogP contribution in [0.5, 0.6) is 0 Å². The Morgan fingerprint density at radius 3 is 2.97 bits per heavy atom. The van der Waals surface area contributed by atoms with E-state index in [1.807, 2.05) is 18.2 Å². The van der Waals surface area contributed by atoms with Gasteiger partial charge < -0.3 is 20.7 Å². The summed E-state index contributed by atoms with van der Waals surface area (Å²) in [6, 6.07) is 8.02. The van der Waals surface area contributed by atoms with Crippen molar-refractivity contribution in [1.82, 2.24) is 15.5 Å². The van der Waals surface area contributed by atoms with Crippen LogP contribution >= 0.6 is 0 Å². The molecule has 2 heterocycles. The van der Waals surface area contributed by atoms with Gasteiger partial charge in [0.1, 0.15) is 0 Å². The van der Waals surface area contributed by atoms with Crippen LogP contribution in [0.2, 0.25) is 0 Å². The maximum absolute atomic E-state index is 12.0. The highest BCUT2D eigenvalue weighted by Gasteiger charge is 2.25. The van der Waals surface area contributed by atoms with E-state index in [9.17, 15) is 4.79 Å². The molecule has 0 spiro atoms. The Labute approximate surface area is 174 Å². The van der Waals surface area contributed by atoms with Gasteiger partial charge in [-0.1, -0.05) is 32.0 Å². The molecule has 2 aliphatic heterocycles. The van der Waals surface area contributed by atoms with Gasteiger partial charge in [0.25, 0.3) is 0 Å². The van der Waals surface area contributed by atoms with Gasteiger partial charge in [-0.2, -0.15) is 0 Å². The number of carbonyl (C=O) groups is 1. The van der Waals surface area contributed by atoms with Crippen LogP contribution < -0.4 is 16.0 Å². The minimum atomic E-state index is 0.0679. The number of nitrogens with zero attached hydrogens (tertiary/aromatic N) is 2. The molecule has 1 saturated heterocycles. The molecule has 2 aliphatic rings. The van der Waals surface area contributed by atoms with Crippen molar-refractivity contribution >= 4 is 17.6 Å². The van der Waals surface area contributed by atoms with Crippen LogP contribution in [0.25, 0.3) is 0 Å². The number of amides is 1. The second-order valence-electron chi connectivity index (χ2n) is 8.28. The van der Waals surface area contributed by atoms with E-state index in [0.29, 0.717) is 25.4 Å². The normalized spacial score (nSPS) is 22.9. The van der Waals surface area contributed by atoms with Crippen molar-refractivity contribution in [3.63, 3.8) is 0 Å². The minimum Gasteiger partial charge on any atom is -0.374 e. The standard InChI is InChI=1S/C22H35N5O2/c1-4-23-22(25-13-18-15-27(9-10-29-18)14-16(2)3)24-12-17-11-21(28)26-20-8-6-5-7-19(17)20/h5-8,16-18H,4,9-15H2,1-3H3,(H,26,28)(H2,23,24,25). The Morgan fingerprint density at radius 1 is 1.34 bits per heavy atom. The zero-order valence-corrected chi connectivity index (χ0v) is 17.9. The third-order valence-electron chi connectivity index (χ3n) is 5.27. The molecule has 0 radical (unpaired) electrons. The van der Waals surface area contributed by atoms with E-state index in [1.165, 1.54) is 5.56 Å². The number of para-hydroxylation sites is 1. The predicted molar refractivity (Wildman–Crippen MR) is 117 cm³/mol. The smallest absolute Gasteiger partial charge is 0.225 e. The van der Waals surface area contributed by atoms with E-state index >= 15 is 0 Å². The predicted octanol–water partition coefficient (Wildman–Crippen LogP) is 2.02. The van der Waals surface area contributed by atoms with E-state index in [2.05, 4.69) is 47.7 Å². The first-order chi connectivity index (χ1) is 14.0. The SMILES string of the molecule is CCNC(=NCC1CN(CC(C)C)CCO1)NCC1CC(=O)Nc2ccccc21. The fraction of sp³-hybridized carbons (Fsp3) is 0.636. The molecule has 160 valence electrons. The van der Waals surface area contributed by atoms with Gasteiger partial charge in [-0.15, -0.1) is 0 Å². The number of guanidine groups is 1. The molecule has 1 fully saturated rings. The lowest BCUT2D eigenvalue weighted by Gasteiger charge is -2.33. The number of anilines is 1. The van der Waals surface area contributed by atoms with Crippen LogP contribution in [0.15, 0.2) is 29.3 Å². The number of nitrogens with one attached hydrogen (secondary N) is 3. The number of ether oxygens (including phenoxy) is 1. The Morgan fingerprint density at radius 2 is 2.17 bits per heavy atom. The summed E-state index contributed by atoms with van der Waals surface area (Å²) in [6.45, 7) is 12.4. The fourth-order valence-electron chi connectivity index (χ4n) is 4.01. The molecule has 0 aromatic heterocycles. The van der Waals surface area contributed by atoms with E-state index in [0.717, 1.165) is 44.4 Å². The van der Waals surface area contributed by atoms with Gasteiger partial charge in [0.15, 0.2) is 5.96 Å². The van der Waals surface area contributed by atoms with Crippen LogP contribution in [-0.4, -0.2) is 68.7 Å². The van der Waals surface area contributed by atoms with E-state index in [-0.39, 0.29) is 17.9 Å². The fourth-order valence-corrected chi connectivity index (χ4v) is 4.01. The van der Waals surface area contributed by atoms with Gasteiger partial charge in [-0.05, 0) is 24.5 Å². The number of aliphatic imine (C=N–C) groups is 1. The Bertz CT molecular complexity index is 706. The van der Waals surface area contributed by atoms with E-state index < -0.39 is 0 Å². The van der Waals surface area contributed by atoms with Crippen molar-refractivity contribution in [3.05, 3.63) is 29.8 Å². The number of carbonyl (C=O) groups excluding carboxylic acids is 1. The molecule has 3 N–H and O–H groups in total. The summed E-state index contributed by atoms with van der Waals surface area (Å²) < 4.78 is 5.92. The number of rotatable bonds is 7.